The van der Waals surface area contributed by atoms with Crippen LogP contribution < -0.4 is 10.7 Å². The van der Waals surface area contributed by atoms with Gasteiger partial charge in [-0.15, -0.1) is 0 Å². The fourth-order valence-corrected chi connectivity index (χ4v) is 0.980. The second-order valence-electron chi connectivity index (χ2n) is 2.63. The number of hydrogen-bond donors (Lipinski definition) is 2. The Morgan fingerprint density at radius 3 is 3.27 bits per heavy atom. The molecule has 1 heterocycles. The zero-order chi connectivity index (χ0) is 10.9. The maximum Gasteiger partial charge on any atom is 0.187 e. The molecule has 0 aliphatic heterocycles. The zero-order valence-corrected chi connectivity index (χ0v) is 9.21. The monoisotopic (exact) mass is 227 g/mol. The molecule has 0 aliphatic carbocycles. The Balaban J connectivity index is 2.16. The molecule has 0 radical (unpaired) electrons. The number of nitrogens with one attached hydrogen (secondary N) is 2. The van der Waals surface area contributed by atoms with Crippen LogP contribution >= 0.6 is 12.2 Å². The van der Waals surface area contributed by atoms with Gasteiger partial charge >= 0.3 is 0 Å². The van der Waals surface area contributed by atoms with Gasteiger partial charge in [-0.25, -0.2) is 0 Å². The summed E-state index contributed by atoms with van der Waals surface area (Å²) in [6, 6.07) is 3.59. The average molecular weight is 227 g/mol. The third kappa shape index (κ3) is 5.14. The number of hydrazone groups is 1. The lowest BCUT2D eigenvalue weighted by molar-refractivity contribution is 0.204. The molecule has 0 fully saturated rings. The maximum atomic E-state index is 5.04. The smallest absolute Gasteiger partial charge is 0.187 e. The van der Waals surface area contributed by atoms with Crippen LogP contribution in [-0.2, 0) is 4.74 Å². The molecule has 0 saturated heterocycles. The van der Waals surface area contributed by atoms with Gasteiger partial charge in [0.15, 0.2) is 5.11 Å². The van der Waals surface area contributed by atoms with Crippen LogP contribution in [0.4, 0.5) is 0 Å². The fourth-order valence-electron chi connectivity index (χ4n) is 0.825. The van der Waals surface area contributed by atoms with Crippen molar-refractivity contribution in [1.82, 2.24) is 10.7 Å². The first kappa shape index (κ1) is 11.7. The summed E-state index contributed by atoms with van der Waals surface area (Å²) in [5.74, 6) is 0.669. The molecule has 0 spiro atoms. The first-order valence-electron chi connectivity index (χ1n) is 4.42. The van der Waals surface area contributed by atoms with E-state index in [0.717, 1.165) is 0 Å². The molecule has 15 heavy (non-hydrogen) atoms. The summed E-state index contributed by atoms with van der Waals surface area (Å²) in [6.07, 6.45) is 3.13. The Hall–Kier alpha value is -1.40. The van der Waals surface area contributed by atoms with Gasteiger partial charge in [0.25, 0.3) is 0 Å². The van der Waals surface area contributed by atoms with Crippen LogP contribution in [0, 0.1) is 0 Å². The van der Waals surface area contributed by atoms with E-state index in [4.69, 9.17) is 21.4 Å². The van der Waals surface area contributed by atoms with Gasteiger partial charge in [0.2, 0.25) is 0 Å². The Morgan fingerprint density at radius 2 is 2.60 bits per heavy atom. The van der Waals surface area contributed by atoms with E-state index in [1.165, 1.54) is 0 Å². The summed E-state index contributed by atoms with van der Waals surface area (Å²) in [5, 5.41) is 7.25. The standard InChI is InChI=1S/C9H13N3O2S/c1-13-6-4-10-9(15)12-11-7-8-3-2-5-14-8/h2-3,5,7H,4,6H2,1H3,(H2,10,12,15). The van der Waals surface area contributed by atoms with Crippen molar-refractivity contribution < 1.29 is 9.15 Å². The maximum absolute atomic E-state index is 5.04. The first-order valence-corrected chi connectivity index (χ1v) is 4.83. The molecule has 6 heteroatoms. The van der Waals surface area contributed by atoms with Crippen molar-refractivity contribution >= 4 is 23.5 Å². The molecule has 1 aromatic rings. The minimum atomic E-state index is 0.454. The van der Waals surface area contributed by atoms with Crippen LogP contribution in [0.5, 0.6) is 0 Å². The number of nitrogens with zero attached hydrogens (tertiary/aromatic N) is 1. The van der Waals surface area contributed by atoms with Crippen molar-refractivity contribution in [2.24, 2.45) is 5.10 Å². The van der Waals surface area contributed by atoms with Crippen LogP contribution in [0.1, 0.15) is 5.76 Å². The normalized spacial score (nSPS) is 10.5. The minimum absolute atomic E-state index is 0.454. The molecule has 0 saturated carbocycles. The van der Waals surface area contributed by atoms with Crippen LogP contribution in [-0.4, -0.2) is 31.6 Å². The molecule has 0 unspecified atom stereocenters. The summed E-state index contributed by atoms with van der Waals surface area (Å²) in [6.45, 7) is 1.25. The highest BCUT2D eigenvalue weighted by Gasteiger charge is 1.91. The van der Waals surface area contributed by atoms with Crippen molar-refractivity contribution in [3.05, 3.63) is 24.2 Å². The van der Waals surface area contributed by atoms with Gasteiger partial charge in [-0.1, -0.05) is 0 Å². The molecule has 0 aliphatic rings. The Labute approximate surface area is 93.5 Å². The van der Waals surface area contributed by atoms with Gasteiger partial charge in [0, 0.05) is 13.7 Å². The van der Waals surface area contributed by atoms with Gasteiger partial charge in [-0.3, -0.25) is 5.43 Å². The number of ether oxygens (including phenoxy) is 1. The fraction of sp³-hybridized carbons (Fsp3) is 0.333. The van der Waals surface area contributed by atoms with Gasteiger partial charge in [0.05, 0.1) is 19.1 Å². The van der Waals surface area contributed by atoms with E-state index >= 15 is 0 Å². The van der Waals surface area contributed by atoms with Gasteiger partial charge in [0.1, 0.15) is 5.76 Å². The summed E-state index contributed by atoms with van der Waals surface area (Å²) in [4.78, 5) is 0. The zero-order valence-electron chi connectivity index (χ0n) is 8.40. The summed E-state index contributed by atoms with van der Waals surface area (Å²) in [5.41, 5.74) is 2.65. The van der Waals surface area contributed by atoms with E-state index in [9.17, 15) is 0 Å². The summed E-state index contributed by atoms with van der Waals surface area (Å²) >= 11 is 4.94. The third-order valence-corrected chi connectivity index (χ3v) is 1.73. The van der Waals surface area contributed by atoms with Crippen molar-refractivity contribution in [3.8, 4) is 0 Å². The highest BCUT2D eigenvalue weighted by molar-refractivity contribution is 7.80. The van der Waals surface area contributed by atoms with Crippen molar-refractivity contribution in [3.63, 3.8) is 0 Å². The lowest BCUT2D eigenvalue weighted by Crippen LogP contribution is -2.34. The summed E-state index contributed by atoms with van der Waals surface area (Å²) in [7, 11) is 1.63. The Kier molecular flexibility index (Phi) is 5.42. The van der Waals surface area contributed by atoms with Crippen LogP contribution in [0.2, 0.25) is 0 Å². The second-order valence-corrected chi connectivity index (χ2v) is 3.04. The number of rotatable bonds is 5. The lowest BCUT2D eigenvalue weighted by Gasteiger charge is -2.04. The third-order valence-electron chi connectivity index (χ3n) is 1.49. The predicted molar refractivity (Wildman–Crippen MR) is 61.9 cm³/mol. The van der Waals surface area contributed by atoms with E-state index in [2.05, 4.69) is 15.8 Å². The highest BCUT2D eigenvalue weighted by atomic mass is 32.1. The number of furan rings is 1. The second kappa shape index (κ2) is 6.97. The molecule has 1 aromatic heterocycles. The molecule has 5 nitrogen and oxygen atoms in total. The summed E-state index contributed by atoms with van der Waals surface area (Å²) < 4.78 is 9.89. The Morgan fingerprint density at radius 1 is 1.73 bits per heavy atom. The van der Waals surface area contributed by atoms with E-state index in [1.807, 2.05) is 0 Å². The van der Waals surface area contributed by atoms with Crippen LogP contribution in [0.3, 0.4) is 0 Å². The largest absolute Gasteiger partial charge is 0.463 e. The van der Waals surface area contributed by atoms with E-state index in [0.29, 0.717) is 24.0 Å². The highest BCUT2D eigenvalue weighted by Crippen LogP contribution is 1.94. The molecular weight excluding hydrogens is 214 g/mol. The SMILES string of the molecule is COCCNC(=S)NN=Cc1ccco1. The number of hydrogen-bond acceptors (Lipinski definition) is 4. The van der Waals surface area contributed by atoms with E-state index in [-0.39, 0.29) is 0 Å². The molecule has 0 atom stereocenters. The molecular formula is C9H13N3O2S. The number of methoxy groups -OCH3 is 1. The molecule has 0 aromatic carbocycles. The van der Waals surface area contributed by atoms with Gasteiger partial charge in [-0.2, -0.15) is 5.10 Å². The predicted octanol–water partition coefficient (Wildman–Crippen LogP) is 0.724. The average Bonchev–Trinajstić information content (AvgIpc) is 2.71. The Bertz CT molecular complexity index is 311. The van der Waals surface area contributed by atoms with Crippen molar-refractivity contribution in [1.29, 1.82) is 0 Å². The quantitative estimate of drug-likeness (QED) is 0.336. The number of thiocarbonyl (C=S) groups is 1. The first-order chi connectivity index (χ1) is 7.33. The van der Waals surface area contributed by atoms with Crippen LogP contribution in [0.25, 0.3) is 0 Å². The topological polar surface area (TPSA) is 58.8 Å². The molecule has 1 rings (SSSR count). The molecule has 2 N–H and O–H groups in total. The van der Waals surface area contributed by atoms with E-state index < -0.39 is 0 Å². The lowest BCUT2D eigenvalue weighted by atomic mass is 10.5. The van der Waals surface area contributed by atoms with E-state index in [1.54, 1.807) is 31.7 Å². The van der Waals surface area contributed by atoms with Crippen molar-refractivity contribution in [2.75, 3.05) is 20.3 Å². The molecule has 0 bridgehead atoms. The van der Waals surface area contributed by atoms with Gasteiger partial charge < -0.3 is 14.5 Å². The van der Waals surface area contributed by atoms with Crippen LogP contribution in [0.15, 0.2) is 27.9 Å². The molecule has 82 valence electrons. The minimum Gasteiger partial charge on any atom is -0.463 e. The van der Waals surface area contributed by atoms with Crippen molar-refractivity contribution in [2.45, 2.75) is 0 Å². The molecule has 0 amide bonds. The van der Waals surface area contributed by atoms with Gasteiger partial charge in [-0.05, 0) is 24.4 Å².